The van der Waals surface area contributed by atoms with Crippen molar-refractivity contribution >= 4 is 11.8 Å². The molecule has 0 amide bonds. The molecule has 3 heteroatoms. The molecular weight excluding hydrogens is 206 g/mol. The second kappa shape index (κ2) is 6.75. The third kappa shape index (κ3) is 4.14. The Morgan fingerprint density at radius 1 is 1.40 bits per heavy atom. The second-order valence-electron chi connectivity index (χ2n) is 3.62. The lowest BCUT2D eigenvalue weighted by Gasteiger charge is -2.11. The van der Waals surface area contributed by atoms with Crippen LogP contribution < -0.4 is 10.1 Å². The highest BCUT2D eigenvalue weighted by Gasteiger charge is 2.05. The zero-order valence-electron chi connectivity index (χ0n) is 9.62. The minimum absolute atomic E-state index is 0.671. The van der Waals surface area contributed by atoms with E-state index in [0.29, 0.717) is 5.92 Å². The molecule has 1 atom stereocenters. The van der Waals surface area contributed by atoms with Gasteiger partial charge in [-0.15, -0.1) is 11.8 Å². The fraction of sp³-hybridized carbons (Fsp3) is 0.500. The Kier molecular flexibility index (Phi) is 5.58. The molecule has 0 saturated carbocycles. The molecular formula is C12H19NOS. The van der Waals surface area contributed by atoms with E-state index in [0.717, 1.165) is 18.0 Å². The molecule has 0 heterocycles. The van der Waals surface area contributed by atoms with Gasteiger partial charge in [0.15, 0.2) is 0 Å². The Labute approximate surface area is 96.4 Å². The van der Waals surface area contributed by atoms with Crippen molar-refractivity contribution in [2.45, 2.75) is 11.8 Å². The quantitative estimate of drug-likeness (QED) is 0.752. The number of hydrogen-bond donors (Lipinski definition) is 1. The van der Waals surface area contributed by atoms with Crippen molar-refractivity contribution in [2.24, 2.45) is 5.92 Å². The zero-order chi connectivity index (χ0) is 11.1. The highest BCUT2D eigenvalue weighted by molar-refractivity contribution is 7.99. The normalized spacial score (nSPS) is 12.5. The summed E-state index contributed by atoms with van der Waals surface area (Å²) in [5, 5.41) is 3.19. The molecule has 15 heavy (non-hydrogen) atoms. The minimum atomic E-state index is 0.671. The van der Waals surface area contributed by atoms with Crippen LogP contribution in [0.5, 0.6) is 5.75 Å². The molecule has 1 N–H and O–H groups in total. The van der Waals surface area contributed by atoms with Crippen LogP contribution >= 0.6 is 11.8 Å². The Bertz CT molecular complexity index is 291. The second-order valence-corrected chi connectivity index (χ2v) is 4.69. The largest absolute Gasteiger partial charge is 0.496 e. The average Bonchev–Trinajstić information content (AvgIpc) is 2.27. The summed E-state index contributed by atoms with van der Waals surface area (Å²) < 4.78 is 5.30. The fourth-order valence-corrected chi connectivity index (χ4v) is 2.43. The molecule has 0 saturated heterocycles. The molecule has 2 nitrogen and oxygen atoms in total. The number of para-hydroxylation sites is 1. The fourth-order valence-electron chi connectivity index (χ4n) is 1.38. The summed E-state index contributed by atoms with van der Waals surface area (Å²) in [6.07, 6.45) is 0. The third-order valence-electron chi connectivity index (χ3n) is 2.15. The maximum absolute atomic E-state index is 5.30. The van der Waals surface area contributed by atoms with Crippen LogP contribution in [0.15, 0.2) is 29.2 Å². The van der Waals surface area contributed by atoms with Crippen LogP contribution in [0.1, 0.15) is 6.92 Å². The van der Waals surface area contributed by atoms with Crippen LogP contribution in [-0.2, 0) is 0 Å². The van der Waals surface area contributed by atoms with Crippen molar-refractivity contribution < 1.29 is 4.74 Å². The van der Waals surface area contributed by atoms with Gasteiger partial charge in [0.25, 0.3) is 0 Å². The Morgan fingerprint density at radius 2 is 2.13 bits per heavy atom. The van der Waals surface area contributed by atoms with Gasteiger partial charge < -0.3 is 10.1 Å². The van der Waals surface area contributed by atoms with Crippen molar-refractivity contribution in [1.82, 2.24) is 5.32 Å². The maximum Gasteiger partial charge on any atom is 0.132 e. The summed E-state index contributed by atoms with van der Waals surface area (Å²) in [6.45, 7) is 3.31. The van der Waals surface area contributed by atoms with Crippen molar-refractivity contribution in [3.05, 3.63) is 24.3 Å². The predicted molar refractivity (Wildman–Crippen MR) is 66.8 cm³/mol. The summed E-state index contributed by atoms with van der Waals surface area (Å²) in [7, 11) is 3.71. The van der Waals surface area contributed by atoms with Gasteiger partial charge in [-0.05, 0) is 31.6 Å². The lowest BCUT2D eigenvalue weighted by molar-refractivity contribution is 0.405. The molecule has 0 spiro atoms. The van der Waals surface area contributed by atoms with E-state index in [-0.39, 0.29) is 0 Å². The molecule has 1 aromatic carbocycles. The van der Waals surface area contributed by atoms with E-state index in [2.05, 4.69) is 18.3 Å². The molecule has 0 aromatic heterocycles. The number of thioether (sulfide) groups is 1. The molecule has 0 aliphatic carbocycles. The highest BCUT2D eigenvalue weighted by Crippen LogP contribution is 2.29. The lowest BCUT2D eigenvalue weighted by atomic mass is 10.2. The molecule has 84 valence electrons. The molecule has 0 radical (unpaired) electrons. The smallest absolute Gasteiger partial charge is 0.132 e. The van der Waals surface area contributed by atoms with Crippen LogP contribution in [0.25, 0.3) is 0 Å². The first-order valence-electron chi connectivity index (χ1n) is 5.18. The number of methoxy groups -OCH3 is 1. The third-order valence-corrected chi connectivity index (χ3v) is 3.53. The monoisotopic (exact) mass is 225 g/mol. The number of ether oxygens (including phenoxy) is 1. The van der Waals surface area contributed by atoms with Crippen molar-refractivity contribution in [1.29, 1.82) is 0 Å². The van der Waals surface area contributed by atoms with Gasteiger partial charge in [0, 0.05) is 10.6 Å². The van der Waals surface area contributed by atoms with Gasteiger partial charge in [0.2, 0.25) is 0 Å². The summed E-state index contributed by atoms with van der Waals surface area (Å²) in [4.78, 5) is 1.22. The van der Waals surface area contributed by atoms with Gasteiger partial charge in [-0.25, -0.2) is 0 Å². The van der Waals surface area contributed by atoms with E-state index in [4.69, 9.17) is 4.74 Å². The Morgan fingerprint density at radius 3 is 2.80 bits per heavy atom. The Hall–Kier alpha value is -0.670. The standard InChI is InChI=1S/C12H19NOS/c1-10(8-13-2)9-15-12-7-5-4-6-11(12)14-3/h4-7,10,13H,8-9H2,1-3H3. The van der Waals surface area contributed by atoms with Gasteiger partial charge in [-0.3, -0.25) is 0 Å². The van der Waals surface area contributed by atoms with Crippen LogP contribution in [0.2, 0.25) is 0 Å². The summed E-state index contributed by atoms with van der Waals surface area (Å²) in [5.74, 6) is 2.75. The van der Waals surface area contributed by atoms with E-state index >= 15 is 0 Å². The summed E-state index contributed by atoms with van der Waals surface area (Å²) in [5.41, 5.74) is 0. The average molecular weight is 225 g/mol. The molecule has 0 aliphatic heterocycles. The number of nitrogens with one attached hydrogen (secondary N) is 1. The first-order chi connectivity index (χ1) is 7.27. The molecule has 0 aliphatic rings. The first kappa shape index (κ1) is 12.4. The van der Waals surface area contributed by atoms with Crippen LogP contribution in [0.3, 0.4) is 0 Å². The van der Waals surface area contributed by atoms with Crippen molar-refractivity contribution in [2.75, 3.05) is 26.5 Å². The SMILES string of the molecule is CNCC(C)CSc1ccccc1OC. The summed E-state index contributed by atoms with van der Waals surface area (Å²) >= 11 is 1.85. The minimum Gasteiger partial charge on any atom is -0.496 e. The maximum atomic E-state index is 5.30. The number of hydrogen-bond acceptors (Lipinski definition) is 3. The van der Waals surface area contributed by atoms with Crippen molar-refractivity contribution in [3.8, 4) is 5.75 Å². The predicted octanol–water partition coefficient (Wildman–Crippen LogP) is 2.64. The topological polar surface area (TPSA) is 21.3 Å². The van der Waals surface area contributed by atoms with Crippen molar-refractivity contribution in [3.63, 3.8) is 0 Å². The van der Waals surface area contributed by atoms with Crippen LogP contribution in [0, 0.1) is 5.92 Å². The van der Waals surface area contributed by atoms with Gasteiger partial charge in [-0.1, -0.05) is 19.1 Å². The van der Waals surface area contributed by atoms with Crippen LogP contribution in [-0.4, -0.2) is 26.5 Å². The molecule has 1 aromatic rings. The lowest BCUT2D eigenvalue weighted by Crippen LogP contribution is -2.17. The van der Waals surface area contributed by atoms with E-state index in [1.54, 1.807) is 7.11 Å². The molecule has 1 rings (SSSR count). The van der Waals surface area contributed by atoms with E-state index < -0.39 is 0 Å². The molecule has 1 unspecified atom stereocenters. The number of benzene rings is 1. The number of rotatable bonds is 6. The molecule has 0 bridgehead atoms. The van der Waals surface area contributed by atoms with Gasteiger partial charge in [0.1, 0.15) is 5.75 Å². The van der Waals surface area contributed by atoms with Gasteiger partial charge in [0.05, 0.1) is 7.11 Å². The van der Waals surface area contributed by atoms with E-state index in [9.17, 15) is 0 Å². The van der Waals surface area contributed by atoms with Gasteiger partial charge in [-0.2, -0.15) is 0 Å². The molecule has 0 fully saturated rings. The highest BCUT2D eigenvalue weighted by atomic mass is 32.2. The van der Waals surface area contributed by atoms with Crippen LogP contribution in [0.4, 0.5) is 0 Å². The first-order valence-corrected chi connectivity index (χ1v) is 6.17. The zero-order valence-corrected chi connectivity index (χ0v) is 10.4. The summed E-state index contributed by atoms with van der Waals surface area (Å²) in [6, 6.07) is 8.16. The Balaban J connectivity index is 2.49. The van der Waals surface area contributed by atoms with Gasteiger partial charge >= 0.3 is 0 Å². The van der Waals surface area contributed by atoms with E-state index in [1.807, 2.05) is 37.0 Å². The van der Waals surface area contributed by atoms with E-state index in [1.165, 1.54) is 4.90 Å².